The van der Waals surface area contributed by atoms with Gasteiger partial charge in [-0.2, -0.15) is 5.10 Å². The van der Waals surface area contributed by atoms with Gasteiger partial charge in [0.2, 0.25) is 5.91 Å². The summed E-state index contributed by atoms with van der Waals surface area (Å²) in [7, 11) is 1.68. The van der Waals surface area contributed by atoms with Gasteiger partial charge in [-0.25, -0.2) is 0 Å². The number of nitrogens with two attached hydrogens (primary N) is 1. The Kier molecular flexibility index (Phi) is 4.33. The van der Waals surface area contributed by atoms with Crippen LogP contribution in [0, 0.1) is 5.92 Å². The van der Waals surface area contributed by atoms with Gasteiger partial charge in [0.1, 0.15) is 5.69 Å². The number of aryl methyl sites for hydroxylation is 1. The van der Waals surface area contributed by atoms with Crippen LogP contribution in [0.4, 0.5) is 0 Å². The molecule has 0 aliphatic carbocycles. The van der Waals surface area contributed by atoms with Crippen molar-refractivity contribution in [3.8, 4) is 0 Å². The van der Waals surface area contributed by atoms with Crippen LogP contribution in [0.15, 0.2) is 12.3 Å². The standard InChI is InChI=1S/C12H17N5O2S/c1-16-9(4-5-14-16)11(19)15-12(20)17-6-2-3-8(7-17)10(13)18/h4-5,8H,2-3,6-7H2,1H3,(H2,13,18)(H,15,19,20)/t8-/m0/s1. The number of hydrogen-bond acceptors (Lipinski definition) is 4. The second kappa shape index (κ2) is 6.00. The summed E-state index contributed by atoms with van der Waals surface area (Å²) in [6.07, 6.45) is 3.14. The minimum absolute atomic E-state index is 0.213. The van der Waals surface area contributed by atoms with Gasteiger partial charge < -0.3 is 10.6 Å². The van der Waals surface area contributed by atoms with Gasteiger partial charge in [-0.15, -0.1) is 0 Å². The number of carbonyl (C=O) groups is 2. The molecule has 3 N–H and O–H groups in total. The third-order valence-electron chi connectivity index (χ3n) is 3.38. The number of amides is 2. The highest BCUT2D eigenvalue weighted by molar-refractivity contribution is 7.80. The molecule has 1 aliphatic rings. The lowest BCUT2D eigenvalue weighted by Gasteiger charge is -2.32. The third kappa shape index (κ3) is 3.13. The number of primary amides is 1. The molecule has 1 fully saturated rings. The number of likely N-dealkylation sites (tertiary alicyclic amines) is 1. The third-order valence-corrected chi connectivity index (χ3v) is 3.75. The Labute approximate surface area is 122 Å². The Morgan fingerprint density at radius 3 is 2.90 bits per heavy atom. The van der Waals surface area contributed by atoms with E-state index < -0.39 is 0 Å². The molecule has 2 amide bonds. The maximum atomic E-state index is 12.0. The van der Waals surface area contributed by atoms with Gasteiger partial charge in [0, 0.05) is 26.3 Å². The molecule has 1 atom stereocenters. The predicted octanol–water partition coefficient (Wildman–Crippen LogP) is -0.368. The van der Waals surface area contributed by atoms with Crippen LogP contribution in [0.3, 0.4) is 0 Å². The quantitative estimate of drug-likeness (QED) is 0.726. The fourth-order valence-electron chi connectivity index (χ4n) is 2.23. The number of rotatable bonds is 2. The maximum absolute atomic E-state index is 12.0. The Morgan fingerprint density at radius 1 is 1.55 bits per heavy atom. The summed E-state index contributed by atoms with van der Waals surface area (Å²) in [5.41, 5.74) is 5.75. The predicted molar refractivity (Wildman–Crippen MR) is 76.8 cm³/mol. The molecule has 0 bridgehead atoms. The normalized spacial score (nSPS) is 18.6. The average Bonchev–Trinajstić information content (AvgIpc) is 2.85. The first-order valence-corrected chi connectivity index (χ1v) is 6.77. The Balaban J connectivity index is 1.96. The molecule has 7 nitrogen and oxygen atoms in total. The first-order valence-electron chi connectivity index (χ1n) is 6.36. The highest BCUT2D eigenvalue weighted by atomic mass is 32.1. The molecule has 1 aromatic rings. The molecule has 1 saturated heterocycles. The first kappa shape index (κ1) is 14.4. The number of piperidine rings is 1. The second-order valence-electron chi connectivity index (χ2n) is 4.79. The van der Waals surface area contributed by atoms with Gasteiger partial charge in [0.25, 0.3) is 5.91 Å². The van der Waals surface area contributed by atoms with E-state index >= 15 is 0 Å². The number of hydrogen-bond donors (Lipinski definition) is 2. The highest BCUT2D eigenvalue weighted by Gasteiger charge is 2.26. The van der Waals surface area contributed by atoms with E-state index in [2.05, 4.69) is 10.4 Å². The largest absolute Gasteiger partial charge is 0.369 e. The van der Waals surface area contributed by atoms with Crippen LogP contribution >= 0.6 is 12.2 Å². The van der Waals surface area contributed by atoms with Gasteiger partial charge in [0.05, 0.1) is 5.92 Å². The molecule has 2 rings (SSSR count). The van der Waals surface area contributed by atoms with Crippen LogP contribution in [0.5, 0.6) is 0 Å². The molecular weight excluding hydrogens is 278 g/mol. The zero-order valence-corrected chi connectivity index (χ0v) is 12.0. The molecule has 8 heteroatoms. The van der Waals surface area contributed by atoms with Gasteiger partial charge in [-0.1, -0.05) is 0 Å². The molecule has 1 aliphatic heterocycles. The lowest BCUT2D eigenvalue weighted by molar-refractivity contribution is -0.122. The molecule has 0 spiro atoms. The van der Waals surface area contributed by atoms with Crippen LogP contribution in [0.1, 0.15) is 23.3 Å². The van der Waals surface area contributed by atoms with Crippen LogP contribution < -0.4 is 11.1 Å². The summed E-state index contributed by atoms with van der Waals surface area (Å²) in [6.45, 7) is 1.17. The van der Waals surface area contributed by atoms with Crippen molar-refractivity contribution < 1.29 is 9.59 Å². The maximum Gasteiger partial charge on any atom is 0.275 e. The SMILES string of the molecule is Cn1nccc1C(=O)NC(=S)N1CCC[C@H](C(N)=O)C1. The summed E-state index contributed by atoms with van der Waals surface area (Å²) >= 11 is 5.22. The molecule has 20 heavy (non-hydrogen) atoms. The number of thiocarbonyl (C=S) groups is 1. The van der Waals surface area contributed by atoms with Crippen molar-refractivity contribution >= 4 is 29.1 Å². The van der Waals surface area contributed by atoms with E-state index in [1.54, 1.807) is 19.3 Å². The molecule has 0 aromatic carbocycles. The summed E-state index contributed by atoms with van der Waals surface area (Å²) in [4.78, 5) is 25.1. The molecule has 0 radical (unpaired) electrons. The van der Waals surface area contributed by atoms with Gasteiger partial charge in [-0.05, 0) is 31.1 Å². The van der Waals surface area contributed by atoms with Crippen molar-refractivity contribution in [1.29, 1.82) is 0 Å². The van der Waals surface area contributed by atoms with E-state index in [1.165, 1.54) is 4.68 Å². The summed E-state index contributed by atoms with van der Waals surface area (Å²) in [6, 6.07) is 1.61. The lowest BCUT2D eigenvalue weighted by atomic mass is 9.98. The van der Waals surface area contributed by atoms with Crippen molar-refractivity contribution in [2.45, 2.75) is 12.8 Å². The van der Waals surface area contributed by atoms with Crippen LogP contribution in [0.25, 0.3) is 0 Å². The Hall–Kier alpha value is -1.96. The Bertz CT molecular complexity index is 542. The van der Waals surface area contributed by atoms with Crippen LogP contribution in [-0.2, 0) is 11.8 Å². The van der Waals surface area contributed by atoms with Gasteiger partial charge >= 0.3 is 0 Å². The van der Waals surface area contributed by atoms with Crippen molar-refractivity contribution in [3.63, 3.8) is 0 Å². The van der Waals surface area contributed by atoms with E-state index in [0.29, 0.717) is 23.9 Å². The summed E-state index contributed by atoms with van der Waals surface area (Å²) in [5.74, 6) is -0.845. The minimum Gasteiger partial charge on any atom is -0.369 e. The number of carbonyl (C=O) groups excluding carboxylic acids is 2. The van der Waals surface area contributed by atoms with Crippen molar-refractivity contribution in [2.24, 2.45) is 18.7 Å². The molecule has 0 saturated carbocycles. The van der Waals surface area contributed by atoms with Crippen LogP contribution in [0.2, 0.25) is 0 Å². The molecule has 0 unspecified atom stereocenters. The van der Waals surface area contributed by atoms with Crippen LogP contribution in [-0.4, -0.2) is 44.7 Å². The molecule has 108 valence electrons. The highest BCUT2D eigenvalue weighted by Crippen LogP contribution is 2.16. The van der Waals surface area contributed by atoms with E-state index in [9.17, 15) is 9.59 Å². The lowest BCUT2D eigenvalue weighted by Crippen LogP contribution is -2.49. The zero-order valence-electron chi connectivity index (χ0n) is 11.2. The zero-order chi connectivity index (χ0) is 14.7. The fraction of sp³-hybridized carbons (Fsp3) is 0.500. The Morgan fingerprint density at radius 2 is 2.30 bits per heavy atom. The molecule has 2 heterocycles. The number of aromatic nitrogens is 2. The summed E-state index contributed by atoms with van der Waals surface area (Å²) < 4.78 is 1.47. The average molecular weight is 295 g/mol. The number of nitrogens with zero attached hydrogens (tertiary/aromatic N) is 3. The second-order valence-corrected chi connectivity index (χ2v) is 5.17. The van der Waals surface area contributed by atoms with Gasteiger partial charge in [-0.3, -0.25) is 19.6 Å². The van der Waals surface area contributed by atoms with Gasteiger partial charge in [0.15, 0.2) is 5.11 Å². The van der Waals surface area contributed by atoms with Crippen molar-refractivity contribution in [3.05, 3.63) is 18.0 Å². The van der Waals surface area contributed by atoms with E-state index in [-0.39, 0.29) is 17.7 Å². The topological polar surface area (TPSA) is 93.2 Å². The summed E-state index contributed by atoms with van der Waals surface area (Å²) in [5, 5.41) is 6.91. The molecular formula is C12H17N5O2S. The molecule has 1 aromatic heterocycles. The van der Waals surface area contributed by atoms with E-state index in [0.717, 1.165) is 12.8 Å². The van der Waals surface area contributed by atoms with E-state index in [4.69, 9.17) is 18.0 Å². The van der Waals surface area contributed by atoms with Crippen molar-refractivity contribution in [1.82, 2.24) is 20.0 Å². The fourth-order valence-corrected chi connectivity index (χ4v) is 2.49. The first-order chi connectivity index (χ1) is 9.49. The van der Waals surface area contributed by atoms with E-state index in [1.807, 2.05) is 4.90 Å². The monoisotopic (exact) mass is 295 g/mol. The minimum atomic E-state index is -0.324. The van der Waals surface area contributed by atoms with Crippen molar-refractivity contribution in [2.75, 3.05) is 13.1 Å². The number of nitrogens with one attached hydrogen (secondary N) is 1. The smallest absolute Gasteiger partial charge is 0.275 e.